The van der Waals surface area contributed by atoms with E-state index in [4.69, 9.17) is 0 Å². The molecule has 0 unspecified atom stereocenters. The molecule has 2 radical (unpaired) electrons. The lowest BCUT2D eigenvalue weighted by atomic mass is 9.59. The molecule has 324 valence electrons. The van der Waals surface area contributed by atoms with E-state index in [0.29, 0.717) is 111 Å². The van der Waals surface area contributed by atoms with Crippen LogP contribution in [0, 0.1) is 11.8 Å². The van der Waals surface area contributed by atoms with Gasteiger partial charge in [-0.1, -0.05) is 83.1 Å². The molecule has 0 heterocycles. The van der Waals surface area contributed by atoms with Crippen molar-refractivity contribution in [3.05, 3.63) is 207 Å². The average Bonchev–Trinajstić information content (AvgIpc) is 3.24. The number of ketones is 6. The van der Waals surface area contributed by atoms with E-state index in [-0.39, 0.29) is 34.7 Å². The first-order valence-electron chi connectivity index (χ1n) is 22.9. The van der Waals surface area contributed by atoms with Crippen LogP contribution in [0.25, 0.3) is 11.1 Å². The summed E-state index contributed by atoms with van der Waals surface area (Å²) < 4.78 is 0. The summed E-state index contributed by atoms with van der Waals surface area (Å²) in [5.41, 5.74) is 11.0. The standard InChI is InChI=1S/C60H48O6/c1-57(2,3)27-17-35-45-39(21-27)55(65)40-22-28(58(4,5)6)18-36-46(40)49(45)43-31(51(35)61)13-25(14-32(43)52(36)62)26-15-33-44-34(16-26)54(64)38-20-30(60(10,11)12)24-42-48(38)50(44)47-37(53(33)63)19-29(59(7,8)9)23-41(47)56(42)66/h13-24H,1-12H3. The number of carbonyl (C=O) groups is 6. The lowest BCUT2D eigenvalue weighted by molar-refractivity contribution is 0.100. The summed E-state index contributed by atoms with van der Waals surface area (Å²) in [5, 5.41) is 0. The minimum absolute atomic E-state index is 0.197. The second-order valence-corrected chi connectivity index (χ2v) is 23.4. The summed E-state index contributed by atoms with van der Waals surface area (Å²) in [4.78, 5) is 90.2. The summed E-state index contributed by atoms with van der Waals surface area (Å²) in [7, 11) is 0. The second-order valence-electron chi connectivity index (χ2n) is 23.4. The third kappa shape index (κ3) is 5.08. The maximum Gasteiger partial charge on any atom is 0.193 e. The number of hydrogen-bond donors (Lipinski definition) is 0. The van der Waals surface area contributed by atoms with Crippen molar-refractivity contribution in [2.75, 3.05) is 0 Å². The van der Waals surface area contributed by atoms with Crippen LogP contribution in [0.3, 0.4) is 0 Å². The van der Waals surface area contributed by atoms with E-state index in [9.17, 15) is 9.59 Å². The molecule has 0 aromatic heterocycles. The van der Waals surface area contributed by atoms with E-state index in [1.54, 1.807) is 24.3 Å². The molecule has 0 N–H and O–H groups in total. The number of hydrogen-bond acceptors (Lipinski definition) is 6. The number of benzene rings is 6. The molecule has 0 atom stereocenters. The van der Waals surface area contributed by atoms with Gasteiger partial charge in [0.05, 0.1) is 11.8 Å². The summed E-state index contributed by atoms with van der Waals surface area (Å²) >= 11 is 0. The maximum atomic E-state index is 15.2. The van der Waals surface area contributed by atoms with Gasteiger partial charge in [0.15, 0.2) is 34.7 Å². The van der Waals surface area contributed by atoms with Crippen LogP contribution in [-0.4, -0.2) is 34.7 Å². The normalized spacial score (nSPS) is 16.5. The van der Waals surface area contributed by atoms with Crippen molar-refractivity contribution in [1.82, 2.24) is 0 Å². The van der Waals surface area contributed by atoms with E-state index < -0.39 is 21.7 Å². The molecule has 6 aliphatic rings. The number of carbonyl (C=O) groups excluding carboxylic acids is 6. The Labute approximate surface area is 384 Å². The first-order valence-corrected chi connectivity index (χ1v) is 22.9. The van der Waals surface area contributed by atoms with Crippen molar-refractivity contribution >= 4 is 34.7 Å². The third-order valence-corrected chi connectivity index (χ3v) is 15.1. The Balaban J connectivity index is 1.14. The Morgan fingerprint density at radius 3 is 0.500 bits per heavy atom. The van der Waals surface area contributed by atoms with Crippen molar-refractivity contribution in [1.29, 1.82) is 0 Å². The molecule has 0 saturated heterocycles. The van der Waals surface area contributed by atoms with Crippen LogP contribution in [0.2, 0.25) is 0 Å². The molecule has 0 spiro atoms. The molecule has 6 aromatic carbocycles. The smallest absolute Gasteiger partial charge is 0.193 e. The van der Waals surface area contributed by atoms with E-state index in [2.05, 4.69) is 83.1 Å². The van der Waals surface area contributed by atoms with Gasteiger partial charge >= 0.3 is 0 Å². The van der Waals surface area contributed by atoms with Crippen LogP contribution >= 0.6 is 0 Å². The largest absolute Gasteiger partial charge is 0.289 e. The second kappa shape index (κ2) is 12.2. The molecule has 6 aliphatic carbocycles. The summed E-state index contributed by atoms with van der Waals surface area (Å²) in [6.45, 7) is 24.7. The SMILES string of the molecule is CC(C)(C)c1cc2c3c(c1)C(=O)c1cc(C(C)(C)C)cc4c1[C]3c1c(cc(-c3cc5c6c(c3)C(=O)c3cc(C(C)(C)C)cc7c3[C]6c3c(cc(C(C)(C)C)cc3C7=O)C5=O)cc1C4=O)C2=O. The highest BCUT2D eigenvalue weighted by Gasteiger charge is 2.51. The van der Waals surface area contributed by atoms with Crippen LogP contribution in [0.15, 0.2) is 72.8 Å². The van der Waals surface area contributed by atoms with Gasteiger partial charge in [-0.15, -0.1) is 0 Å². The highest BCUT2D eigenvalue weighted by atomic mass is 16.1. The molecular weight excluding hydrogens is 817 g/mol. The van der Waals surface area contributed by atoms with Gasteiger partial charge in [-0.2, -0.15) is 0 Å². The van der Waals surface area contributed by atoms with Gasteiger partial charge in [0, 0.05) is 66.8 Å². The molecule has 0 saturated carbocycles. The Morgan fingerprint density at radius 1 is 0.227 bits per heavy atom. The maximum absolute atomic E-state index is 15.2. The molecular formula is C60H48O6. The van der Waals surface area contributed by atoms with Gasteiger partial charge in [0.2, 0.25) is 0 Å². The molecule has 6 heteroatoms. The Bertz CT molecular complexity index is 3050. The molecule has 6 aromatic rings. The van der Waals surface area contributed by atoms with E-state index >= 15 is 19.2 Å². The minimum atomic E-state index is -0.390. The van der Waals surface area contributed by atoms with Crippen LogP contribution in [0.1, 0.15) is 234 Å². The van der Waals surface area contributed by atoms with Gasteiger partial charge in [0.25, 0.3) is 0 Å². The first kappa shape index (κ1) is 40.8. The predicted octanol–water partition coefficient (Wildman–Crippen LogP) is 11.8. The molecule has 0 amide bonds. The fourth-order valence-corrected chi connectivity index (χ4v) is 11.3. The minimum Gasteiger partial charge on any atom is -0.289 e. The lowest BCUT2D eigenvalue weighted by Crippen LogP contribution is -2.36. The summed E-state index contributed by atoms with van der Waals surface area (Å²) in [6.07, 6.45) is 0. The van der Waals surface area contributed by atoms with Crippen LogP contribution in [0.4, 0.5) is 0 Å². The molecule has 66 heavy (non-hydrogen) atoms. The first-order chi connectivity index (χ1) is 30.8. The van der Waals surface area contributed by atoms with Gasteiger partial charge in [0.1, 0.15) is 0 Å². The summed E-state index contributed by atoms with van der Waals surface area (Å²) in [6, 6.07) is 22.5. The van der Waals surface area contributed by atoms with Crippen molar-refractivity contribution < 1.29 is 28.8 Å². The van der Waals surface area contributed by atoms with E-state index in [0.717, 1.165) is 34.1 Å². The van der Waals surface area contributed by atoms with Crippen molar-refractivity contribution in [2.24, 2.45) is 0 Å². The van der Waals surface area contributed by atoms with Crippen molar-refractivity contribution in [3.63, 3.8) is 0 Å². The lowest BCUT2D eigenvalue weighted by Gasteiger charge is -2.41. The molecule has 0 bridgehead atoms. The Kier molecular flexibility index (Phi) is 7.55. The fourth-order valence-electron chi connectivity index (χ4n) is 11.3. The van der Waals surface area contributed by atoms with Crippen LogP contribution < -0.4 is 0 Å². The van der Waals surface area contributed by atoms with Gasteiger partial charge in [-0.25, -0.2) is 0 Å². The zero-order valence-electron chi connectivity index (χ0n) is 39.4. The predicted molar refractivity (Wildman–Crippen MR) is 254 cm³/mol. The quantitative estimate of drug-likeness (QED) is 0.163. The average molecular weight is 865 g/mol. The summed E-state index contributed by atoms with van der Waals surface area (Å²) in [5.74, 6) is -0.121. The molecule has 0 aliphatic heterocycles. The van der Waals surface area contributed by atoms with Crippen LogP contribution in [0.5, 0.6) is 0 Å². The highest BCUT2D eigenvalue weighted by molar-refractivity contribution is 6.30. The molecule has 12 rings (SSSR count). The number of rotatable bonds is 1. The zero-order valence-corrected chi connectivity index (χ0v) is 39.4. The van der Waals surface area contributed by atoms with E-state index in [1.165, 1.54) is 0 Å². The monoisotopic (exact) mass is 864 g/mol. The zero-order chi connectivity index (χ0) is 47.0. The van der Waals surface area contributed by atoms with E-state index in [1.807, 2.05) is 48.5 Å². The molecule has 6 nitrogen and oxygen atoms in total. The topological polar surface area (TPSA) is 102 Å². The van der Waals surface area contributed by atoms with Gasteiger partial charge in [-0.3, -0.25) is 28.8 Å². The van der Waals surface area contributed by atoms with Crippen molar-refractivity contribution in [2.45, 2.75) is 105 Å². The fraction of sp³-hybridized carbons (Fsp3) is 0.267. The van der Waals surface area contributed by atoms with Crippen LogP contribution in [-0.2, 0) is 21.7 Å². The van der Waals surface area contributed by atoms with Gasteiger partial charge in [-0.05, 0) is 161 Å². The molecule has 0 fully saturated rings. The Hall–Kier alpha value is -6.66. The van der Waals surface area contributed by atoms with Gasteiger partial charge < -0.3 is 0 Å². The highest BCUT2D eigenvalue weighted by Crippen LogP contribution is 2.57. The van der Waals surface area contributed by atoms with Crippen molar-refractivity contribution in [3.8, 4) is 11.1 Å². The third-order valence-electron chi connectivity index (χ3n) is 15.1. The Morgan fingerprint density at radius 2 is 0.364 bits per heavy atom.